The predicted molar refractivity (Wildman–Crippen MR) is 81.0 cm³/mol. The number of carbonyl (C=O) groups excluding carboxylic acids is 2. The van der Waals surface area contributed by atoms with Crippen molar-refractivity contribution in [1.29, 1.82) is 5.26 Å². The fraction of sp³-hybridized carbons (Fsp3) is 0.312. The van der Waals surface area contributed by atoms with Crippen molar-refractivity contribution in [1.82, 2.24) is 10.6 Å². The maximum Gasteiger partial charge on any atom is 0.319 e. The van der Waals surface area contributed by atoms with E-state index in [9.17, 15) is 9.59 Å². The monoisotopic (exact) mass is 315 g/mol. The van der Waals surface area contributed by atoms with E-state index in [0.717, 1.165) is 0 Å². The predicted octanol–water partition coefficient (Wildman–Crippen LogP) is 1.23. The quantitative estimate of drug-likeness (QED) is 0.629. The Labute approximate surface area is 133 Å². The average Bonchev–Trinajstić information content (AvgIpc) is 2.54. The van der Waals surface area contributed by atoms with E-state index in [4.69, 9.17) is 14.7 Å². The molecule has 0 spiro atoms. The molecule has 7 heteroatoms. The SMILES string of the molecule is C=C1NC(=O)N[C@@H](c2ccc(C#N)cc2)[C@H]1C(=O)OCCOC. The maximum atomic E-state index is 12.3. The van der Waals surface area contributed by atoms with Gasteiger partial charge in [-0.05, 0) is 17.7 Å². The summed E-state index contributed by atoms with van der Waals surface area (Å²) in [5.41, 5.74) is 1.45. The second kappa shape index (κ2) is 7.42. The Morgan fingerprint density at radius 1 is 1.35 bits per heavy atom. The van der Waals surface area contributed by atoms with Crippen molar-refractivity contribution in [2.45, 2.75) is 6.04 Å². The van der Waals surface area contributed by atoms with Crippen LogP contribution in [0.3, 0.4) is 0 Å². The minimum absolute atomic E-state index is 0.118. The molecule has 1 aliphatic heterocycles. The fourth-order valence-electron chi connectivity index (χ4n) is 2.32. The van der Waals surface area contributed by atoms with Crippen molar-refractivity contribution in [2.24, 2.45) is 5.92 Å². The second-order valence-electron chi connectivity index (χ2n) is 4.97. The van der Waals surface area contributed by atoms with Gasteiger partial charge in [0.2, 0.25) is 0 Å². The van der Waals surface area contributed by atoms with Crippen LogP contribution in [0.4, 0.5) is 4.79 Å². The van der Waals surface area contributed by atoms with Gasteiger partial charge in [0.25, 0.3) is 0 Å². The number of hydrogen-bond acceptors (Lipinski definition) is 5. The lowest BCUT2D eigenvalue weighted by Crippen LogP contribution is -2.51. The summed E-state index contributed by atoms with van der Waals surface area (Å²) >= 11 is 0. The van der Waals surface area contributed by atoms with Gasteiger partial charge in [-0.2, -0.15) is 5.26 Å². The molecular weight excluding hydrogens is 298 g/mol. The van der Waals surface area contributed by atoms with E-state index in [2.05, 4.69) is 17.2 Å². The molecule has 23 heavy (non-hydrogen) atoms. The van der Waals surface area contributed by atoms with Crippen LogP contribution in [0.1, 0.15) is 17.2 Å². The number of amides is 2. The van der Waals surface area contributed by atoms with Gasteiger partial charge in [-0.15, -0.1) is 0 Å². The Kier molecular flexibility index (Phi) is 5.33. The minimum Gasteiger partial charge on any atom is -0.463 e. The third-order valence-corrected chi connectivity index (χ3v) is 3.45. The van der Waals surface area contributed by atoms with E-state index < -0.39 is 24.0 Å². The third-order valence-electron chi connectivity index (χ3n) is 3.45. The van der Waals surface area contributed by atoms with Crippen LogP contribution in [-0.4, -0.2) is 32.3 Å². The number of nitriles is 1. The van der Waals surface area contributed by atoms with Crippen LogP contribution in [0.2, 0.25) is 0 Å². The summed E-state index contributed by atoms with van der Waals surface area (Å²) in [4.78, 5) is 24.0. The van der Waals surface area contributed by atoms with Crippen molar-refractivity contribution in [3.8, 4) is 6.07 Å². The van der Waals surface area contributed by atoms with Gasteiger partial charge in [0.05, 0.1) is 24.3 Å². The Hall–Kier alpha value is -2.85. The Morgan fingerprint density at radius 2 is 2.04 bits per heavy atom. The minimum atomic E-state index is -0.766. The summed E-state index contributed by atoms with van der Waals surface area (Å²) in [6.45, 7) is 4.15. The number of hydrogen-bond donors (Lipinski definition) is 2. The van der Waals surface area contributed by atoms with Crippen LogP contribution in [0, 0.1) is 17.2 Å². The lowest BCUT2D eigenvalue weighted by Gasteiger charge is -2.33. The van der Waals surface area contributed by atoms with Crippen molar-refractivity contribution >= 4 is 12.0 Å². The lowest BCUT2D eigenvalue weighted by atomic mass is 9.89. The van der Waals surface area contributed by atoms with Gasteiger partial charge in [-0.1, -0.05) is 18.7 Å². The molecule has 1 fully saturated rings. The Balaban J connectivity index is 2.23. The first-order valence-electron chi connectivity index (χ1n) is 6.98. The van der Waals surface area contributed by atoms with Gasteiger partial charge >= 0.3 is 12.0 Å². The number of nitrogens with zero attached hydrogens (tertiary/aromatic N) is 1. The second-order valence-corrected chi connectivity index (χ2v) is 4.97. The number of benzene rings is 1. The van der Waals surface area contributed by atoms with E-state index in [0.29, 0.717) is 11.1 Å². The van der Waals surface area contributed by atoms with Gasteiger partial charge in [0, 0.05) is 12.8 Å². The van der Waals surface area contributed by atoms with E-state index in [1.54, 1.807) is 24.3 Å². The molecule has 0 bridgehead atoms. The van der Waals surface area contributed by atoms with E-state index in [1.165, 1.54) is 7.11 Å². The summed E-state index contributed by atoms with van der Waals surface area (Å²) in [6.07, 6.45) is 0. The molecule has 2 N–H and O–H groups in total. The maximum absolute atomic E-state index is 12.3. The summed E-state index contributed by atoms with van der Waals surface area (Å²) in [5, 5.41) is 14.0. The van der Waals surface area contributed by atoms with Crippen LogP contribution in [0.15, 0.2) is 36.5 Å². The number of carbonyl (C=O) groups is 2. The fourth-order valence-corrected chi connectivity index (χ4v) is 2.32. The van der Waals surface area contributed by atoms with Crippen LogP contribution >= 0.6 is 0 Å². The van der Waals surface area contributed by atoms with E-state index >= 15 is 0 Å². The summed E-state index contributed by atoms with van der Waals surface area (Å²) in [5.74, 6) is -1.27. The zero-order valence-electron chi connectivity index (χ0n) is 12.7. The molecule has 1 aromatic rings. The highest BCUT2D eigenvalue weighted by Gasteiger charge is 2.38. The molecule has 1 aromatic carbocycles. The zero-order chi connectivity index (χ0) is 16.8. The van der Waals surface area contributed by atoms with Gasteiger partial charge in [0.15, 0.2) is 0 Å². The molecule has 0 radical (unpaired) electrons. The van der Waals surface area contributed by atoms with Gasteiger partial charge in [-0.3, -0.25) is 4.79 Å². The molecule has 2 rings (SSSR count). The Bertz CT molecular complexity index is 648. The van der Waals surface area contributed by atoms with Crippen molar-refractivity contribution < 1.29 is 19.1 Å². The number of urea groups is 1. The van der Waals surface area contributed by atoms with E-state index in [-0.39, 0.29) is 18.9 Å². The van der Waals surface area contributed by atoms with Crippen molar-refractivity contribution in [2.75, 3.05) is 20.3 Å². The number of rotatable bonds is 5. The van der Waals surface area contributed by atoms with Crippen molar-refractivity contribution in [3.63, 3.8) is 0 Å². The first-order chi connectivity index (χ1) is 11.1. The molecular formula is C16H17N3O4. The first-order valence-corrected chi connectivity index (χ1v) is 6.98. The average molecular weight is 315 g/mol. The highest BCUT2D eigenvalue weighted by molar-refractivity contribution is 5.85. The molecule has 1 saturated heterocycles. The first kappa shape index (κ1) is 16.5. The number of ether oxygens (including phenoxy) is 2. The number of esters is 1. The molecule has 120 valence electrons. The lowest BCUT2D eigenvalue weighted by molar-refractivity contribution is -0.149. The van der Waals surface area contributed by atoms with Crippen LogP contribution in [0.5, 0.6) is 0 Å². The summed E-state index contributed by atoms with van der Waals surface area (Å²) in [6, 6.07) is 7.60. The molecule has 2 atom stereocenters. The highest BCUT2D eigenvalue weighted by atomic mass is 16.6. The smallest absolute Gasteiger partial charge is 0.319 e. The zero-order valence-corrected chi connectivity index (χ0v) is 12.7. The molecule has 7 nitrogen and oxygen atoms in total. The Morgan fingerprint density at radius 3 is 2.65 bits per heavy atom. The summed E-state index contributed by atoms with van der Waals surface area (Å²) in [7, 11) is 1.51. The van der Waals surface area contributed by atoms with Crippen molar-refractivity contribution in [3.05, 3.63) is 47.7 Å². The molecule has 0 saturated carbocycles. The van der Waals surface area contributed by atoms with Crippen LogP contribution in [-0.2, 0) is 14.3 Å². The third kappa shape index (κ3) is 3.87. The van der Waals surface area contributed by atoms with Gasteiger partial charge in [0.1, 0.15) is 12.5 Å². The van der Waals surface area contributed by atoms with E-state index in [1.807, 2.05) is 6.07 Å². The van der Waals surface area contributed by atoms with Crippen LogP contribution < -0.4 is 10.6 Å². The molecule has 0 unspecified atom stereocenters. The molecule has 1 aliphatic rings. The molecule has 0 aliphatic carbocycles. The van der Waals surface area contributed by atoms with Gasteiger partial charge < -0.3 is 20.1 Å². The number of nitrogens with one attached hydrogen (secondary N) is 2. The number of methoxy groups -OCH3 is 1. The normalized spacial score (nSPS) is 20.2. The van der Waals surface area contributed by atoms with Gasteiger partial charge in [-0.25, -0.2) is 4.79 Å². The highest BCUT2D eigenvalue weighted by Crippen LogP contribution is 2.30. The van der Waals surface area contributed by atoms with Crippen LogP contribution in [0.25, 0.3) is 0 Å². The molecule has 2 amide bonds. The largest absolute Gasteiger partial charge is 0.463 e. The summed E-state index contributed by atoms with van der Waals surface area (Å²) < 4.78 is 10.0. The topological polar surface area (TPSA) is 100 Å². The molecule has 1 heterocycles. The molecule has 0 aromatic heterocycles. The standard InChI is InChI=1S/C16H17N3O4/c1-10-13(15(20)23-8-7-22-2)14(19-16(21)18-10)12-5-3-11(9-17)4-6-12/h3-6,13-14H,1,7-8H2,2H3,(H2,18,19,21)/t13-,14-/m0/s1.